The second kappa shape index (κ2) is 6.96. The number of nitrogens with one attached hydrogen (secondary N) is 1. The molecule has 1 N–H and O–H groups in total. The summed E-state index contributed by atoms with van der Waals surface area (Å²) in [6, 6.07) is 5.73. The van der Waals surface area contributed by atoms with E-state index in [4.69, 9.17) is 16.1 Å². The predicted molar refractivity (Wildman–Crippen MR) is 79.3 cm³/mol. The topological polar surface area (TPSA) is 38.3 Å². The van der Waals surface area contributed by atoms with Gasteiger partial charge in [0, 0.05) is 11.8 Å². The molecule has 0 aliphatic rings. The van der Waals surface area contributed by atoms with Crippen LogP contribution in [0, 0.1) is 0 Å². The summed E-state index contributed by atoms with van der Waals surface area (Å²) in [4.78, 5) is 11.3. The van der Waals surface area contributed by atoms with E-state index >= 15 is 0 Å². The molecular weight excluding hydrogens is 269 g/mol. The van der Waals surface area contributed by atoms with Crippen molar-refractivity contribution < 1.29 is 9.32 Å². The van der Waals surface area contributed by atoms with Crippen LogP contribution in [0.2, 0.25) is 0 Å². The Kier molecular flexibility index (Phi) is 5.90. The number of benzene rings is 1. The third kappa shape index (κ3) is 4.47. The second-order valence-electron chi connectivity index (χ2n) is 4.49. The molecule has 1 aromatic carbocycles. The third-order valence-electron chi connectivity index (χ3n) is 2.32. The van der Waals surface area contributed by atoms with Gasteiger partial charge in [-0.05, 0) is 30.9 Å². The Hall–Kier alpha value is -0.790. The highest BCUT2D eigenvalue weighted by atomic mass is 35.5. The van der Waals surface area contributed by atoms with Crippen molar-refractivity contribution in [1.29, 1.82) is 0 Å². The van der Waals surface area contributed by atoms with Gasteiger partial charge in [-0.15, -0.1) is 11.6 Å². The Bertz CT molecular complexity index is 421. The van der Waals surface area contributed by atoms with Gasteiger partial charge in [0.25, 0.3) is 0 Å². The molecular formula is C13H19ClNO2P. The first kappa shape index (κ1) is 15.3. The molecule has 0 radical (unpaired) electrons. The quantitative estimate of drug-likeness (QED) is 0.656. The average molecular weight is 288 g/mol. The highest BCUT2D eigenvalue weighted by molar-refractivity contribution is 7.51. The minimum Gasteiger partial charge on any atom is -0.474 e. The van der Waals surface area contributed by atoms with Crippen LogP contribution in [0.1, 0.15) is 25.3 Å². The van der Waals surface area contributed by atoms with Gasteiger partial charge in [-0.3, -0.25) is 4.79 Å². The summed E-state index contributed by atoms with van der Waals surface area (Å²) < 4.78 is 5.84. The standard InChI is InChI=1S/C13H19ClNO2P/c1-9(2)11-6-5-10(15-13(16)8-14)7-12(11)17-18(3)4/h5-7,9H,8H2,1-4H3,(H,15,16). The number of anilines is 1. The molecule has 5 heteroatoms. The maximum atomic E-state index is 11.3. The maximum Gasteiger partial charge on any atom is 0.239 e. The molecule has 3 nitrogen and oxygen atoms in total. The molecule has 0 heterocycles. The fourth-order valence-corrected chi connectivity index (χ4v) is 2.18. The van der Waals surface area contributed by atoms with Crippen molar-refractivity contribution >= 4 is 31.3 Å². The number of halogens is 1. The number of alkyl halides is 1. The summed E-state index contributed by atoms with van der Waals surface area (Å²) >= 11 is 5.47. The van der Waals surface area contributed by atoms with Crippen molar-refractivity contribution in [2.75, 3.05) is 24.5 Å². The number of carbonyl (C=O) groups excluding carboxylic acids is 1. The first-order valence-corrected chi connectivity index (χ1v) is 8.48. The molecule has 18 heavy (non-hydrogen) atoms. The number of rotatable bonds is 5. The average Bonchev–Trinajstić information content (AvgIpc) is 2.27. The SMILES string of the molecule is CC(C)c1ccc(NC(=O)CCl)cc1OP(C)C. The van der Waals surface area contributed by atoms with Crippen molar-refractivity contribution in [3.05, 3.63) is 23.8 Å². The molecule has 0 aliphatic carbocycles. The van der Waals surface area contributed by atoms with E-state index in [0.29, 0.717) is 5.92 Å². The number of hydrogen-bond donors (Lipinski definition) is 1. The van der Waals surface area contributed by atoms with Crippen molar-refractivity contribution in [1.82, 2.24) is 0 Å². The first-order valence-electron chi connectivity index (χ1n) is 5.79. The third-order valence-corrected chi connectivity index (χ3v) is 3.13. The molecule has 0 saturated carbocycles. The smallest absolute Gasteiger partial charge is 0.239 e. The van der Waals surface area contributed by atoms with E-state index < -0.39 is 8.15 Å². The summed E-state index contributed by atoms with van der Waals surface area (Å²) in [6.07, 6.45) is 0. The van der Waals surface area contributed by atoms with Crippen molar-refractivity contribution in [2.45, 2.75) is 19.8 Å². The lowest BCUT2D eigenvalue weighted by atomic mass is 10.0. The van der Waals surface area contributed by atoms with Gasteiger partial charge in [0.2, 0.25) is 5.91 Å². The Labute approximate surface area is 115 Å². The van der Waals surface area contributed by atoms with Gasteiger partial charge in [-0.2, -0.15) is 0 Å². The van der Waals surface area contributed by atoms with Crippen LogP contribution in [0.15, 0.2) is 18.2 Å². The molecule has 0 saturated heterocycles. The Morgan fingerprint density at radius 3 is 2.61 bits per heavy atom. The zero-order valence-electron chi connectivity index (χ0n) is 11.2. The predicted octanol–water partition coefficient (Wildman–Crippen LogP) is 4.02. The molecule has 1 amide bonds. The monoisotopic (exact) mass is 287 g/mol. The van der Waals surface area contributed by atoms with Crippen LogP contribution in [0.3, 0.4) is 0 Å². The lowest BCUT2D eigenvalue weighted by Gasteiger charge is -2.17. The molecule has 0 atom stereocenters. The summed E-state index contributed by atoms with van der Waals surface area (Å²) in [5.74, 6) is 0.965. The zero-order chi connectivity index (χ0) is 13.7. The van der Waals surface area contributed by atoms with Crippen LogP contribution in [0.5, 0.6) is 5.75 Å². The van der Waals surface area contributed by atoms with E-state index in [0.717, 1.165) is 17.0 Å². The Morgan fingerprint density at radius 2 is 2.11 bits per heavy atom. The number of carbonyl (C=O) groups is 1. The molecule has 100 valence electrons. The van der Waals surface area contributed by atoms with Crippen molar-refractivity contribution in [3.8, 4) is 5.75 Å². The molecule has 0 bridgehead atoms. The van der Waals surface area contributed by atoms with Gasteiger partial charge in [-0.1, -0.05) is 19.9 Å². The van der Waals surface area contributed by atoms with Crippen molar-refractivity contribution in [2.24, 2.45) is 0 Å². The highest BCUT2D eigenvalue weighted by Gasteiger charge is 2.11. The zero-order valence-corrected chi connectivity index (χ0v) is 12.8. The van der Waals surface area contributed by atoms with Gasteiger partial charge in [0.15, 0.2) is 0 Å². The van der Waals surface area contributed by atoms with Gasteiger partial charge < -0.3 is 9.84 Å². The number of amides is 1. The van der Waals surface area contributed by atoms with Crippen LogP contribution in [-0.2, 0) is 4.79 Å². The minimum absolute atomic E-state index is 0.0453. The first-order chi connectivity index (χ1) is 8.43. The highest BCUT2D eigenvalue weighted by Crippen LogP contribution is 2.37. The largest absolute Gasteiger partial charge is 0.474 e. The normalized spacial score (nSPS) is 10.8. The van der Waals surface area contributed by atoms with Crippen LogP contribution in [0.25, 0.3) is 0 Å². The van der Waals surface area contributed by atoms with E-state index in [9.17, 15) is 4.79 Å². The van der Waals surface area contributed by atoms with Crippen LogP contribution in [-0.4, -0.2) is 25.1 Å². The minimum atomic E-state index is -0.493. The van der Waals surface area contributed by atoms with Crippen LogP contribution < -0.4 is 9.84 Å². The number of hydrogen-bond acceptors (Lipinski definition) is 2. The lowest BCUT2D eigenvalue weighted by Crippen LogP contribution is -2.12. The Balaban J connectivity index is 3.00. The van der Waals surface area contributed by atoms with Crippen molar-refractivity contribution in [3.63, 3.8) is 0 Å². The molecule has 0 fully saturated rings. The van der Waals surface area contributed by atoms with Gasteiger partial charge in [-0.25, -0.2) is 0 Å². The van der Waals surface area contributed by atoms with Gasteiger partial charge in [0.05, 0.1) is 8.15 Å². The van der Waals surface area contributed by atoms with E-state index in [1.807, 2.05) is 31.5 Å². The Morgan fingerprint density at radius 1 is 1.44 bits per heavy atom. The lowest BCUT2D eigenvalue weighted by molar-refractivity contribution is -0.113. The molecule has 0 spiro atoms. The fourth-order valence-electron chi connectivity index (χ4n) is 1.56. The summed E-state index contributed by atoms with van der Waals surface area (Å²) in [5, 5.41) is 2.73. The summed E-state index contributed by atoms with van der Waals surface area (Å²) in [7, 11) is -0.493. The molecule has 1 aromatic rings. The van der Waals surface area contributed by atoms with E-state index in [1.54, 1.807) is 0 Å². The molecule has 0 aromatic heterocycles. The fraction of sp³-hybridized carbons (Fsp3) is 0.462. The summed E-state index contributed by atoms with van der Waals surface area (Å²) in [5.41, 5.74) is 1.87. The van der Waals surface area contributed by atoms with E-state index in [2.05, 4.69) is 19.2 Å². The van der Waals surface area contributed by atoms with Crippen LogP contribution in [0.4, 0.5) is 5.69 Å². The maximum absolute atomic E-state index is 11.3. The van der Waals surface area contributed by atoms with Crippen LogP contribution >= 0.6 is 19.7 Å². The van der Waals surface area contributed by atoms with E-state index in [-0.39, 0.29) is 11.8 Å². The summed E-state index contributed by atoms with van der Waals surface area (Å²) in [6.45, 7) is 8.33. The second-order valence-corrected chi connectivity index (χ2v) is 6.57. The van der Waals surface area contributed by atoms with Gasteiger partial charge >= 0.3 is 0 Å². The van der Waals surface area contributed by atoms with Gasteiger partial charge in [0.1, 0.15) is 11.6 Å². The molecule has 0 aliphatic heterocycles. The molecule has 0 unspecified atom stereocenters. The molecule has 1 rings (SSSR count). The van der Waals surface area contributed by atoms with E-state index in [1.165, 1.54) is 0 Å².